The molecule has 29 heavy (non-hydrogen) atoms. The molecule has 154 valence electrons. The van der Waals surface area contributed by atoms with Gasteiger partial charge in [0.05, 0.1) is 0 Å². The zero-order valence-corrected chi connectivity index (χ0v) is 17.9. The zero-order chi connectivity index (χ0) is 19.6. The number of carbonyl (C=O) groups is 1. The van der Waals surface area contributed by atoms with Crippen LogP contribution in [0.3, 0.4) is 0 Å². The summed E-state index contributed by atoms with van der Waals surface area (Å²) in [7, 11) is 0. The van der Waals surface area contributed by atoms with Gasteiger partial charge in [-0.25, -0.2) is 0 Å². The van der Waals surface area contributed by atoms with Gasteiger partial charge in [0.25, 0.3) is 0 Å². The van der Waals surface area contributed by atoms with Crippen molar-refractivity contribution in [2.45, 2.75) is 25.7 Å². The molecule has 2 unspecified atom stereocenters. The zero-order valence-electron chi connectivity index (χ0n) is 17.1. The second kappa shape index (κ2) is 8.49. The molecule has 1 aromatic carbocycles. The second-order valence-electron chi connectivity index (χ2n) is 8.74. The Morgan fingerprint density at radius 1 is 0.966 bits per heavy atom. The summed E-state index contributed by atoms with van der Waals surface area (Å²) in [5, 5.41) is 3.60. The number of amides is 1. The van der Waals surface area contributed by atoms with Crippen LogP contribution in [0, 0.1) is 11.8 Å². The molecule has 0 radical (unpaired) electrons. The highest BCUT2D eigenvalue weighted by atomic mass is 32.1. The van der Waals surface area contributed by atoms with Gasteiger partial charge >= 0.3 is 0 Å². The normalized spacial score (nSPS) is 25.2. The van der Waals surface area contributed by atoms with Crippen LogP contribution in [-0.2, 0) is 4.79 Å². The summed E-state index contributed by atoms with van der Waals surface area (Å²) in [4.78, 5) is 19.8. The molecule has 0 saturated carbocycles. The number of carbonyl (C=O) groups excluding carboxylic acids is 1. The maximum atomic E-state index is 12.6. The number of allylic oxidation sites excluding steroid dienone is 2. The van der Waals surface area contributed by atoms with Gasteiger partial charge in [-0.3, -0.25) is 9.69 Å². The molecule has 2 aliphatic heterocycles. The van der Waals surface area contributed by atoms with E-state index in [1.807, 2.05) is 11.3 Å². The Hall–Kier alpha value is -1.85. The van der Waals surface area contributed by atoms with Gasteiger partial charge in [0.15, 0.2) is 0 Å². The molecule has 0 bridgehead atoms. The van der Waals surface area contributed by atoms with Crippen LogP contribution in [0.1, 0.15) is 25.7 Å². The van der Waals surface area contributed by atoms with Gasteiger partial charge < -0.3 is 9.80 Å². The Kier molecular flexibility index (Phi) is 5.60. The highest BCUT2D eigenvalue weighted by Gasteiger charge is 2.39. The molecule has 2 aromatic rings. The number of rotatable bonds is 6. The van der Waals surface area contributed by atoms with Crippen molar-refractivity contribution in [1.29, 1.82) is 0 Å². The average molecular weight is 410 g/mol. The minimum atomic E-state index is 0.278. The van der Waals surface area contributed by atoms with Crippen LogP contribution in [0.25, 0.3) is 10.1 Å². The van der Waals surface area contributed by atoms with Crippen LogP contribution in [0.4, 0.5) is 5.69 Å². The minimum Gasteiger partial charge on any atom is -0.368 e. The van der Waals surface area contributed by atoms with Gasteiger partial charge in [-0.2, -0.15) is 0 Å². The van der Waals surface area contributed by atoms with Gasteiger partial charge in [0.2, 0.25) is 5.91 Å². The molecule has 1 amide bonds. The predicted molar refractivity (Wildman–Crippen MR) is 122 cm³/mol. The van der Waals surface area contributed by atoms with Crippen LogP contribution in [0.15, 0.2) is 41.8 Å². The number of anilines is 1. The summed E-state index contributed by atoms with van der Waals surface area (Å²) < 4.78 is 1.39. The summed E-state index contributed by atoms with van der Waals surface area (Å²) >= 11 is 1.83. The Morgan fingerprint density at radius 2 is 1.79 bits per heavy atom. The van der Waals surface area contributed by atoms with E-state index in [9.17, 15) is 4.79 Å². The molecule has 5 rings (SSSR count). The molecule has 2 fully saturated rings. The first-order valence-corrected chi connectivity index (χ1v) is 12.0. The number of benzene rings is 1. The summed E-state index contributed by atoms with van der Waals surface area (Å²) in [6.45, 7) is 7.59. The quantitative estimate of drug-likeness (QED) is 0.528. The molecule has 0 N–H and O–H groups in total. The molecule has 1 aliphatic carbocycles. The molecule has 2 atom stereocenters. The maximum absolute atomic E-state index is 12.6. The van der Waals surface area contributed by atoms with E-state index in [1.165, 1.54) is 22.2 Å². The summed E-state index contributed by atoms with van der Waals surface area (Å²) in [6.07, 6.45) is 8.83. The molecule has 4 nitrogen and oxygen atoms in total. The number of piperazine rings is 1. The molecule has 3 heterocycles. The molecular formula is C24H31N3OS. The molecule has 5 heteroatoms. The van der Waals surface area contributed by atoms with Crippen LogP contribution in [0.5, 0.6) is 0 Å². The fourth-order valence-corrected chi connectivity index (χ4v) is 6.10. The Bertz CT molecular complexity index is 883. The topological polar surface area (TPSA) is 26.8 Å². The Morgan fingerprint density at radius 3 is 2.66 bits per heavy atom. The molecule has 2 saturated heterocycles. The Balaban J connectivity index is 1.05. The number of likely N-dealkylation sites (tertiary alicyclic amines) is 1. The van der Waals surface area contributed by atoms with Crippen molar-refractivity contribution in [2.24, 2.45) is 11.8 Å². The van der Waals surface area contributed by atoms with Crippen molar-refractivity contribution < 1.29 is 4.79 Å². The third-order valence-corrected chi connectivity index (χ3v) is 7.87. The first-order chi connectivity index (χ1) is 14.3. The summed E-state index contributed by atoms with van der Waals surface area (Å²) in [5.74, 6) is 1.27. The minimum absolute atomic E-state index is 0.278. The summed E-state index contributed by atoms with van der Waals surface area (Å²) in [5.41, 5.74) is 1.40. The number of fused-ring (bicyclic) bond motifs is 2. The van der Waals surface area contributed by atoms with Crippen molar-refractivity contribution in [2.75, 3.05) is 50.7 Å². The number of nitrogens with zero attached hydrogens (tertiary/aromatic N) is 3. The highest BCUT2D eigenvalue weighted by Crippen LogP contribution is 2.34. The lowest BCUT2D eigenvalue weighted by atomic mass is 9.86. The third kappa shape index (κ3) is 3.95. The van der Waals surface area contributed by atoms with Crippen molar-refractivity contribution in [1.82, 2.24) is 9.80 Å². The summed E-state index contributed by atoms with van der Waals surface area (Å²) in [6, 6.07) is 8.93. The number of hydrogen-bond acceptors (Lipinski definition) is 4. The maximum Gasteiger partial charge on any atom is 0.226 e. The lowest BCUT2D eigenvalue weighted by Gasteiger charge is -2.36. The van der Waals surface area contributed by atoms with E-state index in [0.717, 1.165) is 65.1 Å². The molecule has 1 aromatic heterocycles. The molecule has 3 aliphatic rings. The molecule has 0 spiro atoms. The highest BCUT2D eigenvalue weighted by molar-refractivity contribution is 7.17. The lowest BCUT2D eigenvalue weighted by molar-refractivity contribution is -0.131. The molecular weight excluding hydrogens is 378 g/mol. The van der Waals surface area contributed by atoms with E-state index in [4.69, 9.17) is 0 Å². The van der Waals surface area contributed by atoms with Crippen molar-refractivity contribution in [3.05, 3.63) is 41.8 Å². The van der Waals surface area contributed by atoms with E-state index in [1.54, 1.807) is 0 Å². The van der Waals surface area contributed by atoms with Crippen molar-refractivity contribution in [3.63, 3.8) is 0 Å². The average Bonchev–Trinajstić information content (AvgIpc) is 3.37. The standard InChI is InChI=1S/C24H31N3OS/c28-24-20-7-2-1-6-19(20)18-27(24)12-4-3-11-25-13-15-26(16-14-25)22-8-5-9-23-21(22)10-17-29-23/h1-2,5,8-10,17,19-20H,3-4,6-7,11-16,18H2. The first-order valence-electron chi connectivity index (χ1n) is 11.2. The van der Waals surface area contributed by atoms with Crippen molar-refractivity contribution >= 4 is 33.0 Å². The number of thiophene rings is 1. The van der Waals surface area contributed by atoms with Crippen molar-refractivity contribution in [3.8, 4) is 0 Å². The second-order valence-corrected chi connectivity index (χ2v) is 9.69. The smallest absolute Gasteiger partial charge is 0.226 e. The SMILES string of the molecule is O=C1C2CC=CCC2CN1CCCCN1CCN(c2cccc3sccc23)CC1. The monoisotopic (exact) mass is 409 g/mol. The number of unbranched alkanes of at least 4 members (excludes halogenated alkanes) is 1. The van der Waals surface area contributed by atoms with Gasteiger partial charge in [-0.15, -0.1) is 11.3 Å². The van der Waals surface area contributed by atoms with Crippen LogP contribution < -0.4 is 4.90 Å². The third-order valence-electron chi connectivity index (χ3n) is 6.99. The van der Waals surface area contributed by atoms with E-state index in [-0.39, 0.29) is 5.92 Å². The van der Waals surface area contributed by atoms with Crippen LogP contribution in [-0.4, -0.2) is 61.5 Å². The van der Waals surface area contributed by atoms with E-state index >= 15 is 0 Å². The lowest BCUT2D eigenvalue weighted by Crippen LogP contribution is -2.46. The Labute approximate surface area is 177 Å². The number of hydrogen-bond donors (Lipinski definition) is 0. The van der Waals surface area contributed by atoms with Crippen LogP contribution in [0.2, 0.25) is 0 Å². The van der Waals surface area contributed by atoms with E-state index in [0.29, 0.717) is 11.8 Å². The predicted octanol–water partition coefficient (Wildman–Crippen LogP) is 4.23. The van der Waals surface area contributed by atoms with Gasteiger partial charge in [-0.1, -0.05) is 18.2 Å². The largest absolute Gasteiger partial charge is 0.368 e. The van der Waals surface area contributed by atoms with Gasteiger partial charge in [0.1, 0.15) is 0 Å². The first kappa shape index (κ1) is 19.1. The fraction of sp³-hybridized carbons (Fsp3) is 0.542. The van der Waals surface area contributed by atoms with E-state index in [2.05, 4.69) is 56.5 Å². The van der Waals surface area contributed by atoms with E-state index < -0.39 is 0 Å². The van der Waals surface area contributed by atoms with Gasteiger partial charge in [-0.05, 0) is 61.7 Å². The van der Waals surface area contributed by atoms with Crippen LogP contribution >= 0.6 is 11.3 Å². The fourth-order valence-electron chi connectivity index (χ4n) is 5.29. The van der Waals surface area contributed by atoms with Gasteiger partial charge in [0, 0.05) is 61.0 Å².